The highest BCUT2D eigenvalue weighted by Gasteiger charge is 2.09. The first kappa shape index (κ1) is 15.1. The van der Waals surface area contributed by atoms with Crippen molar-refractivity contribution in [3.8, 4) is 11.5 Å². The van der Waals surface area contributed by atoms with Crippen molar-refractivity contribution in [1.82, 2.24) is 24.7 Å². The summed E-state index contributed by atoms with van der Waals surface area (Å²) in [7, 11) is 1.94. The molecule has 0 aromatic carbocycles. The summed E-state index contributed by atoms with van der Waals surface area (Å²) in [5.74, 6) is 1.56. The van der Waals surface area contributed by atoms with Gasteiger partial charge in [-0.05, 0) is 37.6 Å². The summed E-state index contributed by atoms with van der Waals surface area (Å²) in [6.07, 6.45) is 6.31. The highest BCUT2D eigenvalue weighted by Crippen LogP contribution is 2.15. The first-order chi connectivity index (χ1) is 11.1. The van der Waals surface area contributed by atoms with Gasteiger partial charge in [0.2, 0.25) is 0 Å². The Morgan fingerprint density at radius 3 is 2.65 bits per heavy atom. The van der Waals surface area contributed by atoms with Crippen LogP contribution in [-0.2, 0) is 13.5 Å². The maximum Gasteiger partial charge on any atom is 0.160 e. The van der Waals surface area contributed by atoms with E-state index < -0.39 is 0 Å². The minimum atomic E-state index is 0.219. The van der Waals surface area contributed by atoms with E-state index in [1.54, 1.807) is 6.20 Å². The predicted molar refractivity (Wildman–Crippen MR) is 90.0 cm³/mol. The lowest BCUT2D eigenvalue weighted by Gasteiger charge is -2.15. The maximum absolute atomic E-state index is 4.43. The molecule has 0 saturated carbocycles. The largest absolute Gasteiger partial charge is 0.366 e. The van der Waals surface area contributed by atoms with E-state index in [-0.39, 0.29) is 6.04 Å². The second-order valence-electron chi connectivity index (χ2n) is 5.68. The van der Waals surface area contributed by atoms with Crippen LogP contribution in [0.5, 0.6) is 0 Å². The van der Waals surface area contributed by atoms with Crippen LogP contribution < -0.4 is 5.32 Å². The van der Waals surface area contributed by atoms with E-state index >= 15 is 0 Å². The number of hydrogen-bond acceptors (Lipinski definition) is 5. The Morgan fingerprint density at radius 1 is 1.13 bits per heavy atom. The molecule has 0 spiro atoms. The standard InChI is InChI=1S/C17H20N6/c1-12-5-4-8-18-15(12)11-13(2)20-16-7-6-14(21-22-16)17-19-9-10-23(17)3/h4-10,13H,11H2,1-3H3,(H,20,22). The molecule has 0 bridgehead atoms. The third kappa shape index (κ3) is 3.53. The lowest BCUT2D eigenvalue weighted by Crippen LogP contribution is -2.20. The summed E-state index contributed by atoms with van der Waals surface area (Å²) in [4.78, 5) is 8.70. The molecule has 118 valence electrons. The Labute approximate surface area is 135 Å². The van der Waals surface area contributed by atoms with Crippen LogP contribution in [0.2, 0.25) is 0 Å². The van der Waals surface area contributed by atoms with Crippen molar-refractivity contribution in [3.05, 3.63) is 54.1 Å². The minimum absolute atomic E-state index is 0.219. The normalized spacial score (nSPS) is 12.1. The molecule has 3 heterocycles. The van der Waals surface area contributed by atoms with E-state index in [4.69, 9.17) is 0 Å². The van der Waals surface area contributed by atoms with Crippen molar-refractivity contribution < 1.29 is 0 Å². The van der Waals surface area contributed by atoms with Crippen molar-refractivity contribution in [1.29, 1.82) is 0 Å². The quantitative estimate of drug-likeness (QED) is 0.784. The van der Waals surface area contributed by atoms with Gasteiger partial charge < -0.3 is 9.88 Å². The van der Waals surface area contributed by atoms with Crippen LogP contribution >= 0.6 is 0 Å². The Bertz CT molecular complexity index is 778. The van der Waals surface area contributed by atoms with Crippen LogP contribution in [0.1, 0.15) is 18.2 Å². The molecule has 0 radical (unpaired) electrons. The van der Waals surface area contributed by atoms with E-state index in [2.05, 4.69) is 45.4 Å². The smallest absolute Gasteiger partial charge is 0.160 e. The van der Waals surface area contributed by atoms with Gasteiger partial charge in [0.25, 0.3) is 0 Å². The van der Waals surface area contributed by atoms with Crippen molar-refractivity contribution in [3.63, 3.8) is 0 Å². The second kappa shape index (κ2) is 6.56. The summed E-state index contributed by atoms with van der Waals surface area (Å²) >= 11 is 0. The number of nitrogens with zero attached hydrogens (tertiary/aromatic N) is 5. The zero-order valence-electron chi connectivity index (χ0n) is 13.6. The summed E-state index contributed by atoms with van der Waals surface area (Å²) in [5.41, 5.74) is 3.07. The Morgan fingerprint density at radius 2 is 2.00 bits per heavy atom. The van der Waals surface area contributed by atoms with E-state index in [0.717, 1.165) is 29.5 Å². The lowest BCUT2D eigenvalue weighted by atomic mass is 10.1. The van der Waals surface area contributed by atoms with Crippen molar-refractivity contribution in [2.75, 3.05) is 5.32 Å². The summed E-state index contributed by atoms with van der Waals surface area (Å²) in [6.45, 7) is 4.19. The van der Waals surface area contributed by atoms with Crippen molar-refractivity contribution in [2.45, 2.75) is 26.3 Å². The predicted octanol–water partition coefficient (Wildman–Crippen LogP) is 2.62. The first-order valence-corrected chi connectivity index (χ1v) is 7.62. The number of aromatic nitrogens is 5. The van der Waals surface area contributed by atoms with E-state index in [9.17, 15) is 0 Å². The molecule has 3 rings (SSSR count). The van der Waals surface area contributed by atoms with Crippen LogP contribution in [0.25, 0.3) is 11.5 Å². The van der Waals surface area contributed by atoms with Crippen LogP contribution in [0, 0.1) is 6.92 Å². The number of anilines is 1. The molecule has 0 fully saturated rings. The highest BCUT2D eigenvalue weighted by molar-refractivity contribution is 5.51. The Balaban J connectivity index is 1.66. The average Bonchev–Trinajstić information content (AvgIpc) is 2.96. The summed E-state index contributed by atoms with van der Waals surface area (Å²) < 4.78 is 1.92. The molecule has 1 N–H and O–H groups in total. The molecule has 6 heteroatoms. The topological polar surface area (TPSA) is 68.5 Å². The van der Waals surface area contributed by atoms with Gasteiger partial charge in [-0.15, -0.1) is 10.2 Å². The second-order valence-corrected chi connectivity index (χ2v) is 5.68. The average molecular weight is 308 g/mol. The van der Waals surface area contributed by atoms with Crippen molar-refractivity contribution >= 4 is 5.82 Å². The van der Waals surface area contributed by atoms with Gasteiger partial charge in [-0.2, -0.15) is 0 Å². The maximum atomic E-state index is 4.43. The molecule has 0 saturated heterocycles. The number of pyridine rings is 1. The monoisotopic (exact) mass is 308 g/mol. The van der Waals surface area contributed by atoms with Crippen LogP contribution in [0.4, 0.5) is 5.82 Å². The third-order valence-electron chi connectivity index (χ3n) is 3.73. The van der Waals surface area contributed by atoms with Crippen molar-refractivity contribution in [2.24, 2.45) is 7.05 Å². The third-order valence-corrected chi connectivity index (χ3v) is 3.73. The SMILES string of the molecule is Cc1cccnc1CC(C)Nc1ccc(-c2nccn2C)nn1. The van der Waals surface area contributed by atoms with Gasteiger partial charge in [-0.3, -0.25) is 4.98 Å². The molecule has 3 aromatic rings. The zero-order valence-corrected chi connectivity index (χ0v) is 13.6. The fourth-order valence-electron chi connectivity index (χ4n) is 2.47. The van der Waals surface area contributed by atoms with Gasteiger partial charge in [0.15, 0.2) is 5.82 Å². The highest BCUT2D eigenvalue weighted by atomic mass is 15.2. The molecular formula is C17H20N6. The van der Waals surface area contributed by atoms with E-state index in [0.29, 0.717) is 0 Å². The van der Waals surface area contributed by atoms with Gasteiger partial charge in [0, 0.05) is 43.8 Å². The molecule has 1 atom stereocenters. The summed E-state index contributed by atoms with van der Waals surface area (Å²) in [6, 6.07) is 8.11. The molecule has 3 aromatic heterocycles. The Kier molecular flexibility index (Phi) is 4.32. The number of nitrogens with one attached hydrogen (secondary N) is 1. The fourth-order valence-corrected chi connectivity index (χ4v) is 2.47. The van der Waals surface area contributed by atoms with Gasteiger partial charge in [-0.25, -0.2) is 4.98 Å². The lowest BCUT2D eigenvalue weighted by molar-refractivity contribution is 0.755. The Hall–Kier alpha value is -2.76. The van der Waals surface area contributed by atoms with Gasteiger partial charge in [0.1, 0.15) is 11.5 Å². The first-order valence-electron chi connectivity index (χ1n) is 7.62. The molecular weight excluding hydrogens is 288 g/mol. The van der Waals surface area contributed by atoms with Gasteiger partial charge in [-0.1, -0.05) is 6.07 Å². The minimum Gasteiger partial charge on any atom is -0.366 e. The van der Waals surface area contributed by atoms with Crippen LogP contribution in [-0.4, -0.2) is 30.8 Å². The fraction of sp³-hybridized carbons (Fsp3) is 0.294. The number of imidazole rings is 1. The zero-order chi connectivity index (χ0) is 16.2. The number of rotatable bonds is 5. The molecule has 0 aliphatic heterocycles. The molecule has 23 heavy (non-hydrogen) atoms. The van der Waals surface area contributed by atoms with Gasteiger partial charge >= 0.3 is 0 Å². The summed E-state index contributed by atoms with van der Waals surface area (Å²) in [5, 5.41) is 11.9. The molecule has 6 nitrogen and oxygen atoms in total. The van der Waals surface area contributed by atoms with E-state index in [1.165, 1.54) is 5.56 Å². The number of aryl methyl sites for hydroxylation is 2. The van der Waals surface area contributed by atoms with Crippen LogP contribution in [0.15, 0.2) is 42.9 Å². The van der Waals surface area contributed by atoms with Gasteiger partial charge in [0.05, 0.1) is 0 Å². The molecule has 0 aliphatic rings. The molecule has 1 unspecified atom stereocenters. The molecule has 0 aliphatic carbocycles. The number of hydrogen-bond donors (Lipinski definition) is 1. The van der Waals surface area contributed by atoms with Crippen LogP contribution in [0.3, 0.4) is 0 Å². The molecule has 0 amide bonds. The van der Waals surface area contributed by atoms with E-state index in [1.807, 2.05) is 42.2 Å².